The van der Waals surface area contributed by atoms with E-state index in [4.69, 9.17) is 4.74 Å². The zero-order chi connectivity index (χ0) is 16.3. The topological polar surface area (TPSA) is 38.8 Å². The van der Waals surface area contributed by atoms with Crippen molar-refractivity contribution in [3.63, 3.8) is 0 Å². The van der Waals surface area contributed by atoms with Gasteiger partial charge in [-0.3, -0.25) is 4.79 Å². The van der Waals surface area contributed by atoms with Gasteiger partial charge in [-0.25, -0.2) is 0 Å². The fraction of sp³-hybridized carbons (Fsp3) is 0.533. The number of ether oxygens (including phenoxy) is 2. The summed E-state index contributed by atoms with van der Waals surface area (Å²) in [5.41, 5.74) is 1.87. The van der Waals surface area contributed by atoms with Gasteiger partial charge >= 0.3 is 6.18 Å². The van der Waals surface area contributed by atoms with Crippen molar-refractivity contribution in [1.82, 2.24) is 4.90 Å². The summed E-state index contributed by atoms with van der Waals surface area (Å²) in [5.74, 6) is 0.229. The third kappa shape index (κ3) is 4.37. The van der Waals surface area contributed by atoms with Crippen molar-refractivity contribution < 1.29 is 27.4 Å². The summed E-state index contributed by atoms with van der Waals surface area (Å²) in [4.78, 5) is 13.7. The smallest absolute Gasteiger partial charge is 0.411 e. The van der Waals surface area contributed by atoms with Gasteiger partial charge in [-0.2, -0.15) is 13.2 Å². The number of hydrogen-bond acceptors (Lipinski definition) is 3. The molecule has 1 unspecified atom stereocenters. The van der Waals surface area contributed by atoms with Crippen LogP contribution in [0.1, 0.15) is 18.1 Å². The largest absolute Gasteiger partial charge is 0.491 e. The summed E-state index contributed by atoms with van der Waals surface area (Å²) in [6.45, 7) is 2.74. The van der Waals surface area contributed by atoms with Crippen LogP contribution < -0.4 is 4.74 Å². The van der Waals surface area contributed by atoms with Gasteiger partial charge in [0.2, 0.25) is 0 Å². The van der Waals surface area contributed by atoms with Crippen LogP contribution in [0, 0.1) is 6.92 Å². The van der Waals surface area contributed by atoms with E-state index in [1.165, 1.54) is 11.8 Å². The molecule has 0 saturated heterocycles. The third-order valence-corrected chi connectivity index (χ3v) is 3.35. The molecule has 2 rings (SSSR count). The van der Waals surface area contributed by atoms with Crippen LogP contribution in [0.15, 0.2) is 18.2 Å². The van der Waals surface area contributed by atoms with Gasteiger partial charge in [0, 0.05) is 12.1 Å². The predicted octanol–water partition coefficient (Wildman–Crippen LogP) is 2.68. The number of hydrogen-bond donors (Lipinski definition) is 0. The minimum absolute atomic E-state index is 0.299. The molecule has 0 aromatic heterocycles. The van der Waals surface area contributed by atoms with E-state index in [9.17, 15) is 18.0 Å². The second kappa shape index (κ2) is 6.56. The van der Waals surface area contributed by atoms with Gasteiger partial charge in [-0.1, -0.05) is 17.7 Å². The number of amides is 1. The molecule has 122 valence electrons. The first-order valence-electron chi connectivity index (χ1n) is 6.96. The Hall–Kier alpha value is -1.76. The molecule has 1 amide bonds. The van der Waals surface area contributed by atoms with E-state index >= 15 is 0 Å². The molecule has 1 aliphatic heterocycles. The maximum Gasteiger partial charge on any atom is 0.411 e. The Bertz CT molecular complexity index is 545. The highest BCUT2D eigenvalue weighted by molar-refractivity contribution is 5.80. The number of fused-ring (bicyclic) bond motifs is 1. The molecular weight excluding hydrogens is 299 g/mol. The van der Waals surface area contributed by atoms with Gasteiger partial charge < -0.3 is 14.4 Å². The van der Waals surface area contributed by atoms with Crippen molar-refractivity contribution in [1.29, 1.82) is 0 Å². The average molecular weight is 317 g/mol. The number of nitrogens with zero attached hydrogens (tertiary/aromatic N) is 1. The van der Waals surface area contributed by atoms with E-state index < -0.39 is 24.8 Å². The lowest BCUT2D eigenvalue weighted by Crippen LogP contribution is -2.41. The quantitative estimate of drug-likeness (QED) is 0.860. The predicted molar refractivity (Wildman–Crippen MR) is 73.6 cm³/mol. The molecule has 1 aromatic rings. The molecule has 0 aliphatic carbocycles. The van der Waals surface area contributed by atoms with E-state index in [0.717, 1.165) is 11.1 Å². The molecular formula is C15H18F3NO3. The van der Waals surface area contributed by atoms with E-state index in [2.05, 4.69) is 4.74 Å². The van der Waals surface area contributed by atoms with E-state index in [1.54, 1.807) is 0 Å². The van der Waals surface area contributed by atoms with Gasteiger partial charge in [-0.05, 0) is 19.9 Å². The lowest BCUT2D eigenvalue weighted by atomic mass is 10.1. The molecule has 0 fully saturated rings. The van der Waals surface area contributed by atoms with Gasteiger partial charge in [-0.15, -0.1) is 0 Å². The average Bonchev–Trinajstić information content (AvgIpc) is 2.64. The molecule has 1 atom stereocenters. The third-order valence-electron chi connectivity index (χ3n) is 3.35. The zero-order valence-electron chi connectivity index (χ0n) is 12.4. The Morgan fingerprint density at radius 2 is 2.18 bits per heavy atom. The van der Waals surface area contributed by atoms with Crippen LogP contribution in [-0.2, 0) is 16.1 Å². The minimum Gasteiger partial charge on any atom is -0.491 e. The Labute approximate surface area is 126 Å². The summed E-state index contributed by atoms with van der Waals surface area (Å²) in [7, 11) is 0. The van der Waals surface area contributed by atoms with Crippen molar-refractivity contribution in [3.8, 4) is 5.75 Å². The van der Waals surface area contributed by atoms with Gasteiger partial charge in [0.05, 0.1) is 6.54 Å². The number of rotatable bonds is 3. The van der Waals surface area contributed by atoms with Crippen LogP contribution in [0.5, 0.6) is 5.75 Å². The molecule has 0 spiro atoms. The monoisotopic (exact) mass is 317 g/mol. The summed E-state index contributed by atoms with van der Waals surface area (Å²) < 4.78 is 46.7. The van der Waals surface area contributed by atoms with Crippen molar-refractivity contribution in [3.05, 3.63) is 29.3 Å². The first kappa shape index (κ1) is 16.6. The van der Waals surface area contributed by atoms with Crippen molar-refractivity contribution in [2.75, 3.05) is 19.8 Å². The summed E-state index contributed by atoms with van der Waals surface area (Å²) in [6, 6.07) is 5.65. The SMILES string of the molecule is Cc1ccc2c(c1)CN(C(=O)C(C)OCC(F)(F)F)CCO2. The molecule has 4 nitrogen and oxygen atoms in total. The fourth-order valence-corrected chi connectivity index (χ4v) is 2.26. The van der Waals surface area contributed by atoms with Gasteiger partial charge in [0.15, 0.2) is 0 Å². The van der Waals surface area contributed by atoms with E-state index in [-0.39, 0.29) is 0 Å². The summed E-state index contributed by atoms with van der Waals surface area (Å²) in [5, 5.41) is 0. The Morgan fingerprint density at radius 3 is 2.86 bits per heavy atom. The number of aryl methyl sites for hydroxylation is 1. The fourth-order valence-electron chi connectivity index (χ4n) is 2.26. The van der Waals surface area contributed by atoms with Gasteiger partial charge in [0.25, 0.3) is 5.91 Å². The van der Waals surface area contributed by atoms with Crippen molar-refractivity contribution in [2.24, 2.45) is 0 Å². The number of halogens is 3. The van der Waals surface area contributed by atoms with Crippen LogP contribution in [0.25, 0.3) is 0 Å². The Kier molecular flexibility index (Phi) is 4.95. The standard InChI is InChI=1S/C15H18F3NO3/c1-10-3-4-13-12(7-10)8-19(5-6-21-13)14(20)11(2)22-9-15(16,17)18/h3-4,7,11H,5-6,8-9H2,1-2H3. The normalized spacial score (nSPS) is 16.5. The first-order valence-corrected chi connectivity index (χ1v) is 6.96. The maximum atomic E-state index is 12.2. The molecule has 0 bridgehead atoms. The molecule has 0 saturated carbocycles. The van der Waals surface area contributed by atoms with Crippen LogP contribution in [0.2, 0.25) is 0 Å². The summed E-state index contributed by atoms with van der Waals surface area (Å²) in [6.07, 6.45) is -5.59. The number of carbonyl (C=O) groups is 1. The van der Waals surface area contributed by atoms with Crippen LogP contribution in [0.3, 0.4) is 0 Å². The number of alkyl halides is 3. The lowest BCUT2D eigenvalue weighted by molar-refractivity contribution is -0.188. The number of benzene rings is 1. The molecule has 22 heavy (non-hydrogen) atoms. The molecule has 1 aliphatic rings. The Morgan fingerprint density at radius 1 is 1.45 bits per heavy atom. The van der Waals surface area contributed by atoms with Crippen LogP contribution in [0.4, 0.5) is 13.2 Å². The highest BCUT2D eigenvalue weighted by Gasteiger charge is 2.31. The lowest BCUT2D eigenvalue weighted by Gasteiger charge is -2.24. The molecule has 1 aromatic carbocycles. The Balaban J connectivity index is 2.04. The second-order valence-corrected chi connectivity index (χ2v) is 5.29. The minimum atomic E-state index is -4.44. The van der Waals surface area contributed by atoms with Crippen molar-refractivity contribution in [2.45, 2.75) is 32.7 Å². The first-order chi connectivity index (χ1) is 10.3. The molecule has 0 radical (unpaired) electrons. The van der Waals surface area contributed by atoms with Gasteiger partial charge in [0.1, 0.15) is 25.1 Å². The zero-order valence-corrected chi connectivity index (χ0v) is 12.4. The highest BCUT2D eigenvalue weighted by Crippen LogP contribution is 2.25. The van der Waals surface area contributed by atoms with Crippen molar-refractivity contribution >= 4 is 5.91 Å². The molecule has 7 heteroatoms. The van der Waals surface area contributed by atoms with Crippen LogP contribution >= 0.6 is 0 Å². The van der Waals surface area contributed by atoms with E-state index in [1.807, 2.05) is 25.1 Å². The molecule has 0 N–H and O–H groups in total. The molecule has 1 heterocycles. The summed E-state index contributed by atoms with van der Waals surface area (Å²) >= 11 is 0. The maximum absolute atomic E-state index is 12.2. The van der Waals surface area contributed by atoms with E-state index in [0.29, 0.717) is 25.4 Å². The van der Waals surface area contributed by atoms with Crippen LogP contribution in [-0.4, -0.2) is 42.8 Å². The highest BCUT2D eigenvalue weighted by atomic mass is 19.4. The number of carbonyl (C=O) groups excluding carboxylic acids is 1. The second-order valence-electron chi connectivity index (χ2n) is 5.29.